The fourth-order valence-electron chi connectivity index (χ4n) is 3.34. The number of carbonyl (C=O) groups is 1. The quantitative estimate of drug-likeness (QED) is 0.839. The summed E-state index contributed by atoms with van der Waals surface area (Å²) in [5.74, 6) is 0.350. The molecular formula is C14H27Cl2N3O. The fraction of sp³-hybridized carbons (Fsp3) is 0.929. The molecule has 0 aromatic heterocycles. The van der Waals surface area contributed by atoms with Gasteiger partial charge in [-0.1, -0.05) is 12.8 Å². The Balaban J connectivity index is 0.000001000. The van der Waals surface area contributed by atoms with Crippen molar-refractivity contribution in [1.82, 2.24) is 15.1 Å². The van der Waals surface area contributed by atoms with Gasteiger partial charge in [-0.3, -0.25) is 9.69 Å². The Hall–Kier alpha value is -0.0300. The zero-order valence-corrected chi connectivity index (χ0v) is 13.7. The van der Waals surface area contributed by atoms with Crippen LogP contribution in [0.3, 0.4) is 0 Å². The van der Waals surface area contributed by atoms with E-state index in [2.05, 4.69) is 15.1 Å². The minimum absolute atomic E-state index is 0. The molecule has 0 aromatic carbocycles. The summed E-state index contributed by atoms with van der Waals surface area (Å²) >= 11 is 0. The third kappa shape index (κ3) is 4.00. The number of halogens is 2. The SMILES string of the molecule is Cl.Cl.O=C(C1CCCCN1)N1CCN(C2CCC2)CC1. The average Bonchev–Trinajstić information content (AvgIpc) is 2.38. The summed E-state index contributed by atoms with van der Waals surface area (Å²) in [6, 6.07) is 0.934. The maximum absolute atomic E-state index is 12.4. The summed E-state index contributed by atoms with van der Waals surface area (Å²) < 4.78 is 0. The van der Waals surface area contributed by atoms with Crippen LogP contribution in [0.4, 0.5) is 0 Å². The standard InChI is InChI=1S/C14H25N3O.2ClH/c18-14(13-6-1-2-7-15-13)17-10-8-16(9-11-17)12-4-3-5-12;;/h12-13,15H,1-11H2;2*1H. The number of piperazine rings is 1. The number of hydrogen-bond acceptors (Lipinski definition) is 3. The molecule has 1 atom stereocenters. The number of carbonyl (C=O) groups excluding carboxylic acids is 1. The van der Waals surface area contributed by atoms with Crippen molar-refractivity contribution in [3.8, 4) is 0 Å². The summed E-state index contributed by atoms with van der Waals surface area (Å²) in [5.41, 5.74) is 0. The highest BCUT2D eigenvalue weighted by Gasteiger charge is 2.31. The van der Waals surface area contributed by atoms with E-state index in [1.54, 1.807) is 0 Å². The van der Waals surface area contributed by atoms with Gasteiger partial charge >= 0.3 is 0 Å². The van der Waals surface area contributed by atoms with Crippen LogP contribution < -0.4 is 5.32 Å². The Morgan fingerprint density at radius 1 is 0.900 bits per heavy atom. The molecule has 1 aliphatic carbocycles. The smallest absolute Gasteiger partial charge is 0.239 e. The van der Waals surface area contributed by atoms with Gasteiger partial charge in [0.1, 0.15) is 0 Å². The molecule has 0 spiro atoms. The van der Waals surface area contributed by atoms with Crippen molar-refractivity contribution in [2.24, 2.45) is 0 Å². The van der Waals surface area contributed by atoms with E-state index >= 15 is 0 Å². The van der Waals surface area contributed by atoms with E-state index in [-0.39, 0.29) is 30.9 Å². The Kier molecular flexibility index (Phi) is 7.59. The molecule has 0 bridgehead atoms. The van der Waals surface area contributed by atoms with Crippen LogP contribution in [0.2, 0.25) is 0 Å². The van der Waals surface area contributed by atoms with E-state index < -0.39 is 0 Å². The number of rotatable bonds is 2. The van der Waals surface area contributed by atoms with Crippen LogP contribution in [-0.4, -0.2) is 60.5 Å². The van der Waals surface area contributed by atoms with Gasteiger partial charge in [-0.25, -0.2) is 0 Å². The Bertz CT molecular complexity index is 299. The number of amides is 1. The van der Waals surface area contributed by atoms with Crippen LogP contribution >= 0.6 is 24.8 Å². The Labute approximate surface area is 134 Å². The van der Waals surface area contributed by atoms with Crippen molar-refractivity contribution < 1.29 is 4.79 Å². The number of nitrogens with zero attached hydrogens (tertiary/aromatic N) is 2. The number of piperidine rings is 1. The molecule has 4 nitrogen and oxygen atoms in total. The maximum atomic E-state index is 12.4. The molecule has 1 N–H and O–H groups in total. The average molecular weight is 324 g/mol. The summed E-state index contributed by atoms with van der Waals surface area (Å²) in [6.07, 6.45) is 7.60. The van der Waals surface area contributed by atoms with E-state index in [1.807, 2.05) is 0 Å². The van der Waals surface area contributed by atoms with Crippen molar-refractivity contribution >= 4 is 30.7 Å². The van der Waals surface area contributed by atoms with E-state index in [4.69, 9.17) is 0 Å². The molecule has 1 amide bonds. The Morgan fingerprint density at radius 2 is 1.60 bits per heavy atom. The lowest BCUT2D eigenvalue weighted by molar-refractivity contribution is -0.136. The third-order valence-electron chi connectivity index (χ3n) is 4.83. The lowest BCUT2D eigenvalue weighted by Gasteiger charge is -2.43. The highest BCUT2D eigenvalue weighted by Crippen LogP contribution is 2.25. The van der Waals surface area contributed by atoms with Gasteiger partial charge in [-0.05, 0) is 32.2 Å². The number of hydrogen-bond donors (Lipinski definition) is 1. The van der Waals surface area contributed by atoms with Gasteiger partial charge in [0, 0.05) is 32.2 Å². The second kappa shape index (κ2) is 8.42. The van der Waals surface area contributed by atoms with Crippen molar-refractivity contribution in [3.63, 3.8) is 0 Å². The van der Waals surface area contributed by atoms with Gasteiger partial charge in [0.25, 0.3) is 0 Å². The first-order valence-corrected chi connectivity index (χ1v) is 7.61. The lowest BCUT2D eigenvalue weighted by atomic mass is 9.91. The van der Waals surface area contributed by atoms with Gasteiger partial charge in [0.2, 0.25) is 5.91 Å². The molecular weight excluding hydrogens is 297 g/mol. The molecule has 20 heavy (non-hydrogen) atoms. The van der Waals surface area contributed by atoms with Crippen LogP contribution in [0.5, 0.6) is 0 Å². The molecule has 1 saturated carbocycles. The molecule has 2 aliphatic heterocycles. The topological polar surface area (TPSA) is 35.6 Å². The fourth-order valence-corrected chi connectivity index (χ4v) is 3.34. The van der Waals surface area contributed by atoms with Crippen molar-refractivity contribution in [2.75, 3.05) is 32.7 Å². The molecule has 3 rings (SSSR count). The monoisotopic (exact) mass is 323 g/mol. The van der Waals surface area contributed by atoms with Crippen LogP contribution in [0.15, 0.2) is 0 Å². The summed E-state index contributed by atoms with van der Waals surface area (Å²) in [4.78, 5) is 17.0. The number of nitrogens with one attached hydrogen (secondary N) is 1. The van der Waals surface area contributed by atoms with Crippen LogP contribution in [0.1, 0.15) is 38.5 Å². The molecule has 1 unspecified atom stereocenters. The summed E-state index contributed by atoms with van der Waals surface area (Å²) in [6.45, 7) is 5.06. The summed E-state index contributed by atoms with van der Waals surface area (Å²) in [7, 11) is 0. The third-order valence-corrected chi connectivity index (χ3v) is 4.83. The largest absolute Gasteiger partial charge is 0.339 e. The molecule has 0 aromatic rings. The zero-order chi connectivity index (χ0) is 12.4. The molecule has 118 valence electrons. The lowest BCUT2D eigenvalue weighted by Crippen LogP contribution is -2.57. The zero-order valence-electron chi connectivity index (χ0n) is 12.1. The van der Waals surface area contributed by atoms with Gasteiger partial charge in [0.15, 0.2) is 0 Å². The maximum Gasteiger partial charge on any atom is 0.239 e. The molecule has 2 heterocycles. The minimum Gasteiger partial charge on any atom is -0.339 e. The molecule has 0 radical (unpaired) electrons. The first-order valence-electron chi connectivity index (χ1n) is 7.61. The first-order chi connectivity index (χ1) is 8.84. The van der Waals surface area contributed by atoms with Gasteiger partial charge in [-0.2, -0.15) is 0 Å². The molecule has 3 fully saturated rings. The normalized spacial score (nSPS) is 28.0. The molecule has 3 aliphatic rings. The Morgan fingerprint density at radius 3 is 2.10 bits per heavy atom. The van der Waals surface area contributed by atoms with Gasteiger partial charge in [-0.15, -0.1) is 24.8 Å². The first kappa shape index (κ1) is 18.0. The van der Waals surface area contributed by atoms with Crippen LogP contribution in [0, 0.1) is 0 Å². The van der Waals surface area contributed by atoms with E-state index in [1.165, 1.54) is 32.1 Å². The predicted octanol–water partition coefficient (Wildman–Crippen LogP) is 1.67. The minimum atomic E-state index is 0. The molecule has 6 heteroatoms. The van der Waals surface area contributed by atoms with E-state index in [9.17, 15) is 4.79 Å². The highest BCUT2D eigenvalue weighted by molar-refractivity contribution is 5.85. The van der Waals surface area contributed by atoms with E-state index in [0.29, 0.717) is 5.91 Å². The molecule has 2 saturated heterocycles. The van der Waals surface area contributed by atoms with Crippen LogP contribution in [-0.2, 0) is 4.79 Å². The van der Waals surface area contributed by atoms with Crippen molar-refractivity contribution in [1.29, 1.82) is 0 Å². The summed E-state index contributed by atoms with van der Waals surface area (Å²) in [5, 5.41) is 3.37. The van der Waals surface area contributed by atoms with Gasteiger partial charge in [0.05, 0.1) is 6.04 Å². The van der Waals surface area contributed by atoms with Crippen molar-refractivity contribution in [3.05, 3.63) is 0 Å². The predicted molar refractivity (Wildman–Crippen MR) is 85.9 cm³/mol. The van der Waals surface area contributed by atoms with Gasteiger partial charge < -0.3 is 10.2 Å². The second-order valence-corrected chi connectivity index (χ2v) is 5.95. The highest BCUT2D eigenvalue weighted by atomic mass is 35.5. The van der Waals surface area contributed by atoms with E-state index in [0.717, 1.165) is 45.2 Å². The van der Waals surface area contributed by atoms with Crippen molar-refractivity contribution in [2.45, 2.75) is 50.6 Å². The van der Waals surface area contributed by atoms with Crippen LogP contribution in [0.25, 0.3) is 0 Å². The second-order valence-electron chi connectivity index (χ2n) is 5.95.